The molecule has 0 N–H and O–H groups in total. The molecule has 2 aromatic rings. The summed E-state index contributed by atoms with van der Waals surface area (Å²) in [4.78, 5) is 25.3. The molecule has 0 bridgehead atoms. The molecule has 0 spiro atoms. The van der Waals surface area contributed by atoms with E-state index in [9.17, 15) is 14.9 Å². The number of hydrogen-bond donors (Lipinski definition) is 0. The van der Waals surface area contributed by atoms with Crippen LogP contribution in [-0.2, 0) is 11.3 Å². The zero-order chi connectivity index (χ0) is 19.7. The summed E-state index contributed by atoms with van der Waals surface area (Å²) in [6.07, 6.45) is -0.658. The fourth-order valence-corrected chi connectivity index (χ4v) is 3.17. The van der Waals surface area contributed by atoms with Gasteiger partial charge in [0.1, 0.15) is 0 Å². The van der Waals surface area contributed by atoms with Gasteiger partial charge in [-0.1, -0.05) is 52.0 Å². The Hall–Kier alpha value is -2.89. The first-order chi connectivity index (χ1) is 12.8. The first-order valence-electron chi connectivity index (χ1n) is 9.13. The lowest BCUT2D eigenvalue weighted by Crippen LogP contribution is -2.48. The van der Waals surface area contributed by atoms with E-state index in [1.165, 1.54) is 17.7 Å². The van der Waals surface area contributed by atoms with Crippen LogP contribution in [0, 0.1) is 16.0 Å². The highest BCUT2D eigenvalue weighted by Gasteiger charge is 2.37. The fraction of sp³-hybridized carbons (Fsp3) is 0.381. The van der Waals surface area contributed by atoms with E-state index in [-0.39, 0.29) is 17.5 Å². The molecule has 6 heteroatoms. The number of amides is 1. The van der Waals surface area contributed by atoms with Gasteiger partial charge in [-0.05, 0) is 29.0 Å². The van der Waals surface area contributed by atoms with Crippen LogP contribution in [0.3, 0.4) is 0 Å². The molecule has 1 unspecified atom stereocenters. The highest BCUT2D eigenvalue weighted by Crippen LogP contribution is 2.39. The van der Waals surface area contributed by atoms with E-state index in [1.54, 1.807) is 11.0 Å². The summed E-state index contributed by atoms with van der Waals surface area (Å²) in [6, 6.07) is 12.6. The zero-order valence-electron chi connectivity index (χ0n) is 16.0. The van der Waals surface area contributed by atoms with Gasteiger partial charge >= 0.3 is 0 Å². The Morgan fingerprint density at radius 3 is 2.33 bits per heavy atom. The molecular weight excluding hydrogens is 344 g/mol. The van der Waals surface area contributed by atoms with Crippen molar-refractivity contribution in [1.82, 2.24) is 0 Å². The summed E-state index contributed by atoms with van der Waals surface area (Å²) >= 11 is 0. The number of nitro groups is 1. The topological polar surface area (TPSA) is 72.7 Å². The van der Waals surface area contributed by atoms with Crippen LogP contribution in [0.1, 0.15) is 44.7 Å². The summed E-state index contributed by atoms with van der Waals surface area (Å²) in [6.45, 7) is 8.48. The van der Waals surface area contributed by atoms with Gasteiger partial charge in [-0.2, -0.15) is 0 Å². The predicted molar refractivity (Wildman–Crippen MR) is 104 cm³/mol. The molecule has 1 heterocycles. The molecular formula is C21H24N2O4. The van der Waals surface area contributed by atoms with E-state index in [2.05, 4.69) is 26.0 Å². The van der Waals surface area contributed by atoms with Crippen LogP contribution < -0.4 is 9.64 Å². The second-order valence-electron chi connectivity index (χ2n) is 7.51. The number of nitrogens with zero attached hydrogens (tertiary/aromatic N) is 2. The zero-order valence-corrected chi connectivity index (χ0v) is 16.0. The number of rotatable bonds is 5. The minimum atomic E-state index is -0.658. The number of carbonyl (C=O) groups is 1. The van der Waals surface area contributed by atoms with Gasteiger partial charge in [0.25, 0.3) is 11.6 Å². The van der Waals surface area contributed by atoms with Gasteiger partial charge in [-0.25, -0.2) is 0 Å². The van der Waals surface area contributed by atoms with Crippen molar-refractivity contribution in [3.8, 4) is 5.75 Å². The molecule has 0 aromatic heterocycles. The van der Waals surface area contributed by atoms with Gasteiger partial charge in [-0.15, -0.1) is 0 Å². The SMILES string of the molecule is CC(C)c1ccc(CN2C(=O)C(C(C)C)Oc3cc([N+](=O)[O-])ccc32)cc1. The van der Waals surface area contributed by atoms with Crippen LogP contribution in [0.4, 0.5) is 11.4 Å². The van der Waals surface area contributed by atoms with E-state index in [1.807, 2.05) is 26.0 Å². The molecule has 142 valence electrons. The maximum atomic E-state index is 13.0. The quantitative estimate of drug-likeness (QED) is 0.568. The van der Waals surface area contributed by atoms with Crippen molar-refractivity contribution in [3.05, 3.63) is 63.7 Å². The lowest BCUT2D eigenvalue weighted by atomic mass is 10.00. The van der Waals surface area contributed by atoms with Crippen molar-refractivity contribution in [2.75, 3.05) is 4.90 Å². The Kier molecular flexibility index (Phi) is 5.17. The molecule has 0 radical (unpaired) electrons. The first-order valence-corrected chi connectivity index (χ1v) is 9.13. The maximum Gasteiger partial charge on any atom is 0.273 e. The van der Waals surface area contributed by atoms with Crippen molar-refractivity contribution in [2.45, 2.75) is 46.3 Å². The number of non-ortho nitro benzene ring substituents is 1. The smallest absolute Gasteiger partial charge is 0.273 e. The second kappa shape index (κ2) is 7.39. The van der Waals surface area contributed by atoms with Crippen molar-refractivity contribution >= 4 is 17.3 Å². The molecule has 27 heavy (non-hydrogen) atoms. The molecule has 0 saturated carbocycles. The number of fused-ring (bicyclic) bond motifs is 1. The summed E-state index contributed by atoms with van der Waals surface area (Å²) in [5.74, 6) is 0.645. The van der Waals surface area contributed by atoms with Crippen molar-refractivity contribution in [3.63, 3.8) is 0 Å². The van der Waals surface area contributed by atoms with Crippen molar-refractivity contribution < 1.29 is 14.5 Å². The molecule has 6 nitrogen and oxygen atoms in total. The number of hydrogen-bond acceptors (Lipinski definition) is 4. The Balaban J connectivity index is 1.97. The third-order valence-electron chi connectivity index (χ3n) is 4.80. The molecule has 1 atom stereocenters. The molecule has 0 fully saturated rings. The van der Waals surface area contributed by atoms with Gasteiger partial charge in [-0.3, -0.25) is 14.9 Å². The van der Waals surface area contributed by atoms with Crippen LogP contribution in [0.5, 0.6) is 5.75 Å². The largest absolute Gasteiger partial charge is 0.478 e. The minimum Gasteiger partial charge on any atom is -0.478 e. The van der Waals surface area contributed by atoms with Crippen LogP contribution in [-0.4, -0.2) is 16.9 Å². The number of nitro benzene ring substituents is 1. The molecule has 0 saturated heterocycles. The number of benzene rings is 2. The Labute approximate surface area is 158 Å². The van der Waals surface area contributed by atoms with E-state index < -0.39 is 11.0 Å². The highest BCUT2D eigenvalue weighted by molar-refractivity contribution is 6.00. The average Bonchev–Trinajstić information content (AvgIpc) is 2.63. The molecule has 2 aromatic carbocycles. The summed E-state index contributed by atoms with van der Waals surface area (Å²) in [5, 5.41) is 11.1. The summed E-state index contributed by atoms with van der Waals surface area (Å²) < 4.78 is 5.82. The normalized spacial score (nSPS) is 16.4. The highest BCUT2D eigenvalue weighted by atomic mass is 16.6. The molecule has 1 aliphatic rings. The van der Waals surface area contributed by atoms with E-state index in [0.717, 1.165) is 5.56 Å². The Bertz CT molecular complexity index is 859. The third kappa shape index (κ3) is 3.79. The summed E-state index contributed by atoms with van der Waals surface area (Å²) in [7, 11) is 0. The molecule has 3 rings (SSSR count). The monoisotopic (exact) mass is 368 g/mol. The van der Waals surface area contributed by atoms with Gasteiger partial charge in [0.05, 0.1) is 23.2 Å². The van der Waals surface area contributed by atoms with Gasteiger partial charge in [0.2, 0.25) is 0 Å². The number of carbonyl (C=O) groups excluding carboxylic acids is 1. The molecule has 1 amide bonds. The second-order valence-corrected chi connectivity index (χ2v) is 7.51. The lowest BCUT2D eigenvalue weighted by Gasteiger charge is -2.36. The standard InChI is InChI=1S/C21H24N2O4/c1-13(2)16-7-5-15(6-8-16)12-22-18-10-9-17(23(25)26)11-19(18)27-20(14(3)4)21(22)24/h5-11,13-14,20H,12H2,1-4H3. The van der Waals surface area contributed by atoms with Crippen LogP contribution in [0.25, 0.3) is 0 Å². The van der Waals surface area contributed by atoms with Gasteiger partial charge in [0, 0.05) is 6.07 Å². The molecule has 1 aliphatic heterocycles. The van der Waals surface area contributed by atoms with Gasteiger partial charge < -0.3 is 9.64 Å². The van der Waals surface area contributed by atoms with Gasteiger partial charge in [0.15, 0.2) is 11.9 Å². The van der Waals surface area contributed by atoms with E-state index in [4.69, 9.17) is 4.74 Å². The van der Waals surface area contributed by atoms with Crippen molar-refractivity contribution in [2.24, 2.45) is 5.92 Å². The number of anilines is 1. The van der Waals surface area contributed by atoms with E-state index in [0.29, 0.717) is 23.9 Å². The molecule has 0 aliphatic carbocycles. The van der Waals surface area contributed by atoms with E-state index >= 15 is 0 Å². The third-order valence-corrected chi connectivity index (χ3v) is 4.80. The maximum absolute atomic E-state index is 13.0. The van der Waals surface area contributed by atoms with Crippen LogP contribution in [0.2, 0.25) is 0 Å². The minimum absolute atomic E-state index is 0.0456. The Morgan fingerprint density at radius 1 is 1.11 bits per heavy atom. The number of ether oxygens (including phenoxy) is 1. The fourth-order valence-electron chi connectivity index (χ4n) is 3.17. The van der Waals surface area contributed by atoms with Crippen LogP contribution in [0.15, 0.2) is 42.5 Å². The van der Waals surface area contributed by atoms with Crippen molar-refractivity contribution in [1.29, 1.82) is 0 Å². The Morgan fingerprint density at radius 2 is 1.78 bits per heavy atom. The summed E-state index contributed by atoms with van der Waals surface area (Å²) in [5.41, 5.74) is 2.76. The first kappa shape index (κ1) is 18.9. The lowest BCUT2D eigenvalue weighted by molar-refractivity contribution is -0.384. The average molecular weight is 368 g/mol. The predicted octanol–water partition coefficient (Wildman–Crippen LogP) is 4.67. The van der Waals surface area contributed by atoms with Crippen LogP contribution >= 0.6 is 0 Å².